The Hall–Kier alpha value is -3.65. The summed E-state index contributed by atoms with van der Waals surface area (Å²) < 4.78 is 0. The highest BCUT2D eigenvalue weighted by molar-refractivity contribution is 6.33. The number of nitro benzene ring substituents is 1. The monoisotopic (exact) mass is 477 g/mol. The molecule has 8 nitrogen and oxygen atoms in total. The first-order valence-corrected chi connectivity index (χ1v) is 11.6. The molecule has 2 aromatic carbocycles. The van der Waals surface area contributed by atoms with Crippen molar-refractivity contribution in [1.29, 1.82) is 0 Å². The molecule has 0 spiro atoms. The number of para-hydroxylation sites is 1. The summed E-state index contributed by atoms with van der Waals surface area (Å²) in [6.45, 7) is 2.44. The first kappa shape index (κ1) is 22.2. The molecule has 9 heteroatoms. The van der Waals surface area contributed by atoms with E-state index in [1.807, 2.05) is 42.5 Å². The summed E-state index contributed by atoms with van der Waals surface area (Å²) in [5.74, 6) is -0.437. The lowest BCUT2D eigenvalue weighted by Crippen LogP contribution is -2.61. The van der Waals surface area contributed by atoms with Crippen molar-refractivity contribution in [3.05, 3.63) is 93.3 Å². The summed E-state index contributed by atoms with van der Waals surface area (Å²) in [7, 11) is 0. The molecular formula is C25H24ClN5O3. The topological polar surface area (TPSA) is 91.6 Å². The van der Waals surface area contributed by atoms with E-state index in [4.69, 9.17) is 11.6 Å². The van der Waals surface area contributed by atoms with Gasteiger partial charge in [-0.1, -0.05) is 29.8 Å². The second-order valence-corrected chi connectivity index (χ2v) is 9.03. The van der Waals surface area contributed by atoms with Crippen LogP contribution in [0.2, 0.25) is 5.02 Å². The number of halogens is 1. The van der Waals surface area contributed by atoms with Crippen molar-refractivity contribution in [2.24, 2.45) is 5.92 Å². The molecule has 1 fully saturated rings. The molecule has 0 bridgehead atoms. The molecule has 1 saturated heterocycles. The van der Waals surface area contributed by atoms with Gasteiger partial charge in [0.1, 0.15) is 0 Å². The number of nitro groups is 1. The third-order valence-corrected chi connectivity index (χ3v) is 6.95. The number of amides is 1. The van der Waals surface area contributed by atoms with Crippen LogP contribution in [0.5, 0.6) is 0 Å². The summed E-state index contributed by atoms with van der Waals surface area (Å²) in [5, 5.41) is 15.1. The van der Waals surface area contributed by atoms with E-state index in [1.165, 1.54) is 0 Å². The first-order valence-electron chi connectivity index (χ1n) is 11.2. The van der Waals surface area contributed by atoms with Crippen molar-refractivity contribution in [3.8, 4) is 0 Å². The number of nitrogens with zero attached hydrogens (tertiary/aromatic N) is 4. The van der Waals surface area contributed by atoms with E-state index in [2.05, 4.69) is 20.1 Å². The van der Waals surface area contributed by atoms with Gasteiger partial charge in [0.05, 0.1) is 27.6 Å². The number of nitrogens with one attached hydrogen (secondary N) is 1. The minimum atomic E-state index is -0.390. The third kappa shape index (κ3) is 4.28. The lowest BCUT2D eigenvalue weighted by Gasteiger charge is -2.49. The van der Waals surface area contributed by atoms with Crippen molar-refractivity contribution in [2.75, 3.05) is 29.4 Å². The van der Waals surface area contributed by atoms with Gasteiger partial charge >= 0.3 is 0 Å². The van der Waals surface area contributed by atoms with Gasteiger partial charge in [0.15, 0.2) is 0 Å². The zero-order chi connectivity index (χ0) is 23.7. The molecule has 5 rings (SSSR count). The molecular weight excluding hydrogens is 454 g/mol. The largest absolute Gasteiger partial charge is 0.366 e. The van der Waals surface area contributed by atoms with Crippen LogP contribution in [0.4, 0.5) is 17.1 Å². The van der Waals surface area contributed by atoms with Crippen LogP contribution in [0, 0.1) is 16.0 Å². The van der Waals surface area contributed by atoms with Crippen LogP contribution in [-0.4, -0.2) is 41.5 Å². The number of non-ortho nitro benzene ring substituents is 1. The van der Waals surface area contributed by atoms with Crippen molar-refractivity contribution < 1.29 is 9.72 Å². The molecule has 0 aliphatic carbocycles. The highest BCUT2D eigenvalue weighted by atomic mass is 35.5. The van der Waals surface area contributed by atoms with Gasteiger partial charge in [-0.15, -0.1) is 0 Å². The smallest absolute Gasteiger partial charge is 0.269 e. The standard InChI is InChI=1S/C25H24ClN5O3/c26-21-5-1-2-6-23(21)29-10-11-30-22-8-7-19(31(33)34)12-18(22)13-20(24(30)16-29)25(32)28-15-17-4-3-9-27-14-17/h1-9,12,14,20,24H,10-11,13,15-16H2,(H,28,32)/t20-,24-/m1/s1. The van der Waals surface area contributed by atoms with Crippen LogP contribution in [0.1, 0.15) is 11.1 Å². The number of hydrogen-bond acceptors (Lipinski definition) is 6. The summed E-state index contributed by atoms with van der Waals surface area (Å²) >= 11 is 6.47. The predicted molar refractivity (Wildman–Crippen MR) is 131 cm³/mol. The van der Waals surface area contributed by atoms with Gasteiger partial charge in [0, 0.05) is 56.4 Å². The Labute approximate surface area is 202 Å². The Kier molecular flexibility index (Phi) is 6.06. The molecule has 2 aliphatic rings. The van der Waals surface area contributed by atoms with Crippen LogP contribution in [-0.2, 0) is 17.8 Å². The molecule has 1 N–H and O–H groups in total. The molecule has 3 aromatic rings. The van der Waals surface area contributed by atoms with Gasteiger partial charge in [0.2, 0.25) is 5.91 Å². The molecule has 2 aliphatic heterocycles. The van der Waals surface area contributed by atoms with Gasteiger partial charge in [-0.3, -0.25) is 19.9 Å². The number of aromatic nitrogens is 1. The van der Waals surface area contributed by atoms with E-state index >= 15 is 0 Å². The second kappa shape index (κ2) is 9.30. The molecule has 1 aromatic heterocycles. The lowest BCUT2D eigenvalue weighted by molar-refractivity contribution is -0.384. The van der Waals surface area contributed by atoms with Crippen LogP contribution < -0.4 is 15.1 Å². The summed E-state index contributed by atoms with van der Waals surface area (Å²) in [4.78, 5) is 33.0. The highest BCUT2D eigenvalue weighted by Gasteiger charge is 2.42. The molecule has 2 atom stereocenters. The molecule has 34 heavy (non-hydrogen) atoms. The average molecular weight is 478 g/mol. The van der Waals surface area contributed by atoms with Gasteiger partial charge in [0.25, 0.3) is 5.69 Å². The fraction of sp³-hybridized carbons (Fsp3) is 0.280. The third-order valence-electron chi connectivity index (χ3n) is 6.63. The predicted octanol–water partition coefficient (Wildman–Crippen LogP) is 3.83. The summed E-state index contributed by atoms with van der Waals surface area (Å²) in [5.41, 5.74) is 3.71. The van der Waals surface area contributed by atoms with E-state index in [0.29, 0.717) is 31.1 Å². The lowest BCUT2D eigenvalue weighted by atomic mass is 9.83. The van der Waals surface area contributed by atoms with Crippen molar-refractivity contribution in [3.63, 3.8) is 0 Å². The van der Waals surface area contributed by atoms with Gasteiger partial charge < -0.3 is 15.1 Å². The van der Waals surface area contributed by atoms with E-state index < -0.39 is 0 Å². The molecule has 1 amide bonds. The van der Waals surface area contributed by atoms with Crippen LogP contribution in [0.15, 0.2) is 67.0 Å². The van der Waals surface area contributed by atoms with Crippen molar-refractivity contribution in [1.82, 2.24) is 10.3 Å². The van der Waals surface area contributed by atoms with E-state index in [9.17, 15) is 14.9 Å². The zero-order valence-corrected chi connectivity index (χ0v) is 19.2. The highest BCUT2D eigenvalue weighted by Crippen LogP contribution is 2.39. The number of carbonyl (C=O) groups excluding carboxylic acids is 1. The molecule has 3 heterocycles. The number of benzene rings is 2. The number of piperazine rings is 1. The maximum atomic E-state index is 13.4. The van der Waals surface area contributed by atoms with Gasteiger partial charge in [-0.25, -0.2) is 0 Å². The van der Waals surface area contributed by atoms with E-state index in [-0.39, 0.29) is 28.5 Å². The maximum absolute atomic E-state index is 13.4. The minimum Gasteiger partial charge on any atom is -0.366 e. The maximum Gasteiger partial charge on any atom is 0.269 e. The number of fused-ring (bicyclic) bond motifs is 3. The fourth-order valence-corrected chi connectivity index (χ4v) is 5.23. The number of carbonyl (C=O) groups is 1. The number of anilines is 2. The van der Waals surface area contributed by atoms with E-state index in [0.717, 1.165) is 29.0 Å². The Morgan fingerprint density at radius 2 is 2.00 bits per heavy atom. The molecule has 0 unspecified atom stereocenters. The summed E-state index contributed by atoms with van der Waals surface area (Å²) in [6.07, 6.45) is 3.86. The number of pyridine rings is 1. The number of hydrogen-bond donors (Lipinski definition) is 1. The zero-order valence-electron chi connectivity index (χ0n) is 18.4. The van der Waals surface area contributed by atoms with Crippen LogP contribution >= 0.6 is 11.6 Å². The Bertz CT molecular complexity index is 1220. The SMILES string of the molecule is O=C(NCc1cccnc1)[C@@H]1Cc2cc([N+](=O)[O-])ccc2N2CCN(c3ccccc3Cl)C[C@H]12. The van der Waals surface area contributed by atoms with Gasteiger partial charge in [-0.2, -0.15) is 0 Å². The Balaban J connectivity index is 1.45. The molecule has 174 valence electrons. The van der Waals surface area contributed by atoms with E-state index in [1.54, 1.807) is 24.5 Å². The second-order valence-electron chi connectivity index (χ2n) is 8.62. The van der Waals surface area contributed by atoms with Crippen LogP contribution in [0.3, 0.4) is 0 Å². The Morgan fingerprint density at radius 1 is 1.15 bits per heavy atom. The Morgan fingerprint density at radius 3 is 2.76 bits per heavy atom. The quantitative estimate of drug-likeness (QED) is 0.443. The van der Waals surface area contributed by atoms with Crippen LogP contribution in [0.25, 0.3) is 0 Å². The number of rotatable bonds is 5. The normalized spacial score (nSPS) is 19.2. The first-order chi connectivity index (χ1) is 16.5. The molecule has 0 radical (unpaired) electrons. The molecule has 0 saturated carbocycles. The van der Waals surface area contributed by atoms with Crippen molar-refractivity contribution in [2.45, 2.75) is 19.0 Å². The summed E-state index contributed by atoms with van der Waals surface area (Å²) in [6, 6.07) is 16.4. The minimum absolute atomic E-state index is 0.0430. The van der Waals surface area contributed by atoms with Crippen molar-refractivity contribution >= 4 is 34.6 Å². The van der Waals surface area contributed by atoms with Gasteiger partial charge in [-0.05, 0) is 41.8 Å². The average Bonchev–Trinajstić information content (AvgIpc) is 2.87. The fourth-order valence-electron chi connectivity index (χ4n) is 4.97.